The van der Waals surface area contributed by atoms with E-state index >= 15 is 0 Å². The number of rotatable bonds is 4. The van der Waals surface area contributed by atoms with E-state index in [2.05, 4.69) is 9.62 Å². The molecule has 1 unspecified atom stereocenters. The predicted octanol–water partition coefficient (Wildman–Crippen LogP) is 1.12. The fraction of sp³-hybridized carbons (Fsp3) is 0.538. The predicted molar refractivity (Wildman–Crippen MR) is 78.3 cm³/mol. The van der Waals surface area contributed by atoms with Crippen molar-refractivity contribution < 1.29 is 13.5 Å². The van der Waals surface area contributed by atoms with Crippen molar-refractivity contribution in [3.05, 3.63) is 28.3 Å². The third kappa shape index (κ3) is 3.32. The maximum atomic E-state index is 12.5. The maximum absolute atomic E-state index is 12.5. The van der Waals surface area contributed by atoms with Crippen LogP contribution >= 0.6 is 11.6 Å². The lowest BCUT2D eigenvalue weighted by atomic mass is 10.1. The smallest absolute Gasteiger partial charge is 0.241 e. The molecule has 1 atom stereocenters. The van der Waals surface area contributed by atoms with E-state index in [4.69, 9.17) is 11.6 Å². The van der Waals surface area contributed by atoms with Crippen LogP contribution in [0, 0.1) is 6.92 Å². The Balaban J connectivity index is 2.32. The van der Waals surface area contributed by atoms with E-state index in [0.717, 1.165) is 13.0 Å². The molecule has 7 heteroatoms. The first kappa shape index (κ1) is 15.7. The van der Waals surface area contributed by atoms with E-state index in [1.54, 1.807) is 13.0 Å². The molecule has 20 heavy (non-hydrogen) atoms. The Labute approximate surface area is 124 Å². The highest BCUT2D eigenvalue weighted by Crippen LogP contribution is 2.25. The molecular formula is C13H19ClN2O3S. The molecule has 2 N–H and O–H groups in total. The number of likely N-dealkylation sites (tertiary alicyclic amines) is 1. The molecule has 0 radical (unpaired) electrons. The van der Waals surface area contributed by atoms with Gasteiger partial charge in [0.05, 0.1) is 11.5 Å². The Hall–Kier alpha value is -0.660. The molecule has 112 valence electrons. The molecule has 1 aliphatic heterocycles. The van der Waals surface area contributed by atoms with Gasteiger partial charge in [0.25, 0.3) is 0 Å². The summed E-state index contributed by atoms with van der Waals surface area (Å²) in [6.07, 6.45) is 0.794. The summed E-state index contributed by atoms with van der Waals surface area (Å²) in [6, 6.07) is 2.93. The molecule has 0 aromatic heterocycles. The Kier molecular flexibility index (Phi) is 4.71. The highest BCUT2D eigenvalue weighted by atomic mass is 35.5. The van der Waals surface area contributed by atoms with Gasteiger partial charge >= 0.3 is 0 Å². The van der Waals surface area contributed by atoms with Crippen molar-refractivity contribution in [2.75, 3.05) is 20.1 Å². The van der Waals surface area contributed by atoms with Crippen LogP contribution in [0.25, 0.3) is 0 Å². The van der Waals surface area contributed by atoms with Crippen LogP contribution in [0.15, 0.2) is 17.0 Å². The lowest BCUT2D eigenvalue weighted by Gasteiger charge is -2.16. The Morgan fingerprint density at radius 1 is 1.50 bits per heavy atom. The molecule has 0 saturated carbocycles. The number of hydrogen-bond donors (Lipinski definition) is 2. The highest BCUT2D eigenvalue weighted by molar-refractivity contribution is 7.89. The second-order valence-corrected chi connectivity index (χ2v) is 7.33. The van der Waals surface area contributed by atoms with Gasteiger partial charge in [0, 0.05) is 17.6 Å². The summed E-state index contributed by atoms with van der Waals surface area (Å²) in [5.74, 6) is 0. The van der Waals surface area contributed by atoms with Gasteiger partial charge in [-0.2, -0.15) is 0 Å². The van der Waals surface area contributed by atoms with Crippen LogP contribution in [-0.2, 0) is 16.6 Å². The number of likely N-dealkylation sites (N-methyl/N-ethyl adjacent to an activating group) is 1. The van der Waals surface area contributed by atoms with Gasteiger partial charge in [-0.05, 0) is 50.2 Å². The molecule has 2 rings (SSSR count). The fourth-order valence-electron chi connectivity index (χ4n) is 2.47. The van der Waals surface area contributed by atoms with Crippen LogP contribution in [-0.4, -0.2) is 44.6 Å². The number of nitrogens with zero attached hydrogens (tertiary/aromatic N) is 1. The first-order valence-corrected chi connectivity index (χ1v) is 8.30. The first-order chi connectivity index (χ1) is 9.33. The minimum Gasteiger partial charge on any atom is -0.392 e. The molecule has 1 aromatic carbocycles. The van der Waals surface area contributed by atoms with Crippen LogP contribution in [0.2, 0.25) is 5.02 Å². The average molecular weight is 319 g/mol. The van der Waals surface area contributed by atoms with Gasteiger partial charge in [-0.1, -0.05) is 11.6 Å². The first-order valence-electron chi connectivity index (χ1n) is 6.44. The summed E-state index contributed by atoms with van der Waals surface area (Å²) in [4.78, 5) is 2.22. The zero-order valence-corrected chi connectivity index (χ0v) is 13.1. The van der Waals surface area contributed by atoms with Crippen LogP contribution < -0.4 is 4.72 Å². The summed E-state index contributed by atoms with van der Waals surface area (Å²) in [5, 5.41) is 9.58. The molecule has 5 nitrogen and oxygen atoms in total. The molecule has 1 saturated heterocycles. The molecule has 1 aromatic rings. The number of halogens is 1. The zero-order valence-electron chi connectivity index (χ0n) is 11.6. The molecule has 0 aliphatic carbocycles. The summed E-state index contributed by atoms with van der Waals surface area (Å²) in [5.41, 5.74) is 1.07. The van der Waals surface area contributed by atoms with E-state index in [9.17, 15) is 13.5 Å². The highest BCUT2D eigenvalue weighted by Gasteiger charge is 2.27. The normalized spacial score (nSPS) is 20.5. The monoisotopic (exact) mass is 318 g/mol. The zero-order chi connectivity index (χ0) is 14.9. The fourth-order valence-corrected chi connectivity index (χ4v) is 4.35. The minimum absolute atomic E-state index is 0.0824. The van der Waals surface area contributed by atoms with E-state index in [1.807, 2.05) is 7.05 Å². The van der Waals surface area contributed by atoms with Gasteiger partial charge in [0.2, 0.25) is 10.0 Å². The summed E-state index contributed by atoms with van der Waals surface area (Å²) < 4.78 is 27.6. The van der Waals surface area contributed by atoms with Crippen molar-refractivity contribution in [3.8, 4) is 0 Å². The number of hydrogen-bond acceptors (Lipinski definition) is 4. The number of sulfonamides is 1. The van der Waals surface area contributed by atoms with Gasteiger partial charge in [0.1, 0.15) is 0 Å². The Morgan fingerprint density at radius 3 is 2.75 bits per heavy atom. The maximum Gasteiger partial charge on any atom is 0.241 e. The van der Waals surface area contributed by atoms with Gasteiger partial charge in [-0.25, -0.2) is 13.1 Å². The molecule has 1 fully saturated rings. The van der Waals surface area contributed by atoms with E-state index in [-0.39, 0.29) is 17.5 Å². The third-order valence-corrected chi connectivity index (χ3v) is 5.47. The van der Waals surface area contributed by atoms with Crippen molar-refractivity contribution in [1.82, 2.24) is 9.62 Å². The average Bonchev–Trinajstić information content (AvgIpc) is 2.76. The van der Waals surface area contributed by atoms with E-state index in [1.165, 1.54) is 6.07 Å². The van der Waals surface area contributed by atoms with Crippen molar-refractivity contribution >= 4 is 21.6 Å². The van der Waals surface area contributed by atoms with Crippen LogP contribution in [0.3, 0.4) is 0 Å². The Morgan fingerprint density at radius 2 is 2.20 bits per heavy atom. The van der Waals surface area contributed by atoms with E-state index < -0.39 is 10.0 Å². The lowest BCUT2D eigenvalue weighted by molar-refractivity contribution is 0.280. The lowest BCUT2D eigenvalue weighted by Crippen LogP contribution is -2.36. The topological polar surface area (TPSA) is 69.6 Å². The van der Waals surface area contributed by atoms with Gasteiger partial charge in [-0.3, -0.25) is 0 Å². The molecule has 1 aliphatic rings. The summed E-state index contributed by atoms with van der Waals surface area (Å²) >= 11 is 5.94. The van der Waals surface area contributed by atoms with Crippen molar-refractivity contribution in [3.63, 3.8) is 0 Å². The molecular weight excluding hydrogens is 300 g/mol. The Bertz CT molecular complexity index is 604. The van der Waals surface area contributed by atoms with Gasteiger partial charge in [-0.15, -0.1) is 0 Å². The quantitative estimate of drug-likeness (QED) is 0.873. The van der Waals surface area contributed by atoms with Crippen LogP contribution in [0.5, 0.6) is 0 Å². The standard InChI is InChI=1S/C13H19ClN2O3S/c1-9-10(8-17)5-11(14)6-13(9)20(18,19)15-12-3-4-16(2)7-12/h5-6,12,15,17H,3-4,7-8H2,1-2H3. The van der Waals surface area contributed by atoms with Gasteiger partial charge < -0.3 is 10.0 Å². The summed E-state index contributed by atoms with van der Waals surface area (Å²) in [7, 11) is -1.66. The van der Waals surface area contributed by atoms with E-state index in [0.29, 0.717) is 22.7 Å². The van der Waals surface area contributed by atoms with Crippen molar-refractivity contribution in [2.45, 2.75) is 30.9 Å². The molecule has 0 amide bonds. The SMILES string of the molecule is Cc1c(CO)cc(Cl)cc1S(=O)(=O)NC1CCN(C)C1. The van der Waals surface area contributed by atoms with Crippen molar-refractivity contribution in [1.29, 1.82) is 0 Å². The third-order valence-electron chi connectivity index (χ3n) is 3.61. The summed E-state index contributed by atoms with van der Waals surface area (Å²) in [6.45, 7) is 3.02. The van der Waals surface area contributed by atoms with Crippen molar-refractivity contribution in [2.24, 2.45) is 0 Å². The van der Waals surface area contributed by atoms with Gasteiger partial charge in [0.15, 0.2) is 0 Å². The molecule has 1 heterocycles. The minimum atomic E-state index is -3.63. The second kappa shape index (κ2) is 5.99. The number of aliphatic hydroxyl groups is 1. The number of benzene rings is 1. The second-order valence-electron chi connectivity index (χ2n) is 5.22. The number of aliphatic hydroxyl groups excluding tert-OH is 1. The van der Waals surface area contributed by atoms with Crippen LogP contribution in [0.4, 0.5) is 0 Å². The largest absolute Gasteiger partial charge is 0.392 e. The van der Waals surface area contributed by atoms with Crippen LogP contribution in [0.1, 0.15) is 17.5 Å². The molecule has 0 spiro atoms. The number of nitrogens with one attached hydrogen (secondary N) is 1. The molecule has 0 bridgehead atoms.